The summed E-state index contributed by atoms with van der Waals surface area (Å²) in [5.74, 6) is -0.936. The maximum absolute atomic E-state index is 13.2. The molecule has 0 aliphatic heterocycles. The fourth-order valence-electron chi connectivity index (χ4n) is 1.09. The van der Waals surface area contributed by atoms with E-state index in [4.69, 9.17) is 0 Å². The highest BCUT2D eigenvalue weighted by Crippen LogP contribution is 2.07. The van der Waals surface area contributed by atoms with Crippen molar-refractivity contribution in [3.8, 4) is 0 Å². The smallest absolute Gasteiger partial charge is 0.325 e. The van der Waals surface area contributed by atoms with Gasteiger partial charge in [0.25, 0.3) is 0 Å². The monoisotopic (exact) mass is 252 g/mol. The lowest BCUT2D eigenvalue weighted by Gasteiger charge is -2.02. The third kappa shape index (κ3) is 4.65. The van der Waals surface area contributed by atoms with Gasteiger partial charge in [0, 0.05) is 11.8 Å². The summed E-state index contributed by atoms with van der Waals surface area (Å²) in [4.78, 5) is 21.9. The first-order chi connectivity index (χ1) is 8.63. The molecular formula is C12H13FN2O3. The van der Waals surface area contributed by atoms with E-state index in [9.17, 15) is 14.0 Å². The van der Waals surface area contributed by atoms with E-state index in [2.05, 4.69) is 15.4 Å². The first-order valence-corrected chi connectivity index (χ1v) is 5.15. The summed E-state index contributed by atoms with van der Waals surface area (Å²) in [5.41, 5.74) is 0.353. The molecule has 0 radical (unpaired) electrons. The van der Waals surface area contributed by atoms with Crippen molar-refractivity contribution >= 4 is 18.1 Å². The number of carbonyl (C=O) groups is 2. The summed E-state index contributed by atoms with van der Waals surface area (Å²) in [6, 6.07) is 5.56. The number of rotatable bonds is 4. The first kappa shape index (κ1) is 13.7. The number of hydrogen-bond donors (Lipinski definition) is 2. The van der Waals surface area contributed by atoms with Crippen LogP contribution in [0.3, 0.4) is 0 Å². The number of hydrogen-bond acceptors (Lipinski definition) is 3. The Kier molecular flexibility index (Phi) is 5.37. The van der Waals surface area contributed by atoms with Gasteiger partial charge in [-0.15, -0.1) is 0 Å². The van der Waals surface area contributed by atoms with Crippen LogP contribution in [0.15, 0.2) is 30.5 Å². The molecule has 0 atom stereocenters. The predicted molar refractivity (Wildman–Crippen MR) is 64.0 cm³/mol. The van der Waals surface area contributed by atoms with Crippen LogP contribution in [0.1, 0.15) is 5.56 Å². The maximum Gasteiger partial charge on any atom is 0.325 e. The van der Waals surface area contributed by atoms with Gasteiger partial charge in [-0.25, -0.2) is 9.18 Å². The molecule has 96 valence electrons. The van der Waals surface area contributed by atoms with Crippen molar-refractivity contribution in [1.29, 1.82) is 0 Å². The lowest BCUT2D eigenvalue weighted by molar-refractivity contribution is -0.139. The minimum absolute atomic E-state index is 0.226. The fraction of sp³-hybridized carbons (Fsp3) is 0.167. The summed E-state index contributed by atoms with van der Waals surface area (Å²) >= 11 is 0. The van der Waals surface area contributed by atoms with Gasteiger partial charge in [-0.3, -0.25) is 4.79 Å². The molecule has 1 aromatic rings. The molecule has 0 aromatic heterocycles. The van der Waals surface area contributed by atoms with Crippen LogP contribution in [-0.2, 0) is 9.53 Å². The molecule has 0 unspecified atom stereocenters. The van der Waals surface area contributed by atoms with Gasteiger partial charge in [-0.05, 0) is 12.1 Å². The van der Waals surface area contributed by atoms with Crippen molar-refractivity contribution in [1.82, 2.24) is 10.6 Å². The van der Waals surface area contributed by atoms with E-state index in [0.29, 0.717) is 5.56 Å². The lowest BCUT2D eigenvalue weighted by atomic mass is 10.2. The van der Waals surface area contributed by atoms with Crippen LogP contribution < -0.4 is 10.6 Å². The molecule has 1 rings (SSSR count). The van der Waals surface area contributed by atoms with Crippen molar-refractivity contribution in [2.45, 2.75) is 0 Å². The predicted octanol–water partition coefficient (Wildman–Crippen LogP) is 1.27. The van der Waals surface area contributed by atoms with Gasteiger partial charge in [-0.1, -0.05) is 18.2 Å². The van der Waals surface area contributed by atoms with E-state index in [1.54, 1.807) is 18.2 Å². The second-order valence-corrected chi connectivity index (χ2v) is 3.26. The van der Waals surface area contributed by atoms with Crippen molar-refractivity contribution in [3.05, 3.63) is 41.8 Å². The minimum atomic E-state index is -0.576. The second-order valence-electron chi connectivity index (χ2n) is 3.26. The quantitative estimate of drug-likeness (QED) is 0.793. The zero-order valence-electron chi connectivity index (χ0n) is 9.77. The topological polar surface area (TPSA) is 67.4 Å². The van der Waals surface area contributed by atoms with Crippen LogP contribution in [0, 0.1) is 5.82 Å². The molecule has 1 aromatic carbocycles. The molecule has 0 fully saturated rings. The molecule has 2 amide bonds. The zero-order valence-corrected chi connectivity index (χ0v) is 9.77. The average molecular weight is 252 g/mol. The third-order valence-corrected chi connectivity index (χ3v) is 2.00. The van der Waals surface area contributed by atoms with Crippen LogP contribution in [0.2, 0.25) is 0 Å². The number of benzene rings is 1. The number of ether oxygens (including phenoxy) is 1. The van der Waals surface area contributed by atoms with Gasteiger partial charge in [0.2, 0.25) is 0 Å². The largest absolute Gasteiger partial charge is 0.468 e. The Morgan fingerprint density at radius 1 is 1.39 bits per heavy atom. The molecule has 0 bridgehead atoms. The molecular weight excluding hydrogens is 239 g/mol. The molecule has 0 aliphatic carbocycles. The summed E-state index contributed by atoms with van der Waals surface area (Å²) in [6.45, 7) is -0.226. The minimum Gasteiger partial charge on any atom is -0.468 e. The molecule has 0 heterocycles. The summed E-state index contributed by atoms with van der Waals surface area (Å²) in [5, 5.41) is 4.60. The number of halogens is 1. The summed E-state index contributed by atoms with van der Waals surface area (Å²) < 4.78 is 17.5. The molecule has 0 aliphatic rings. The first-order valence-electron chi connectivity index (χ1n) is 5.15. The number of esters is 1. The molecule has 6 heteroatoms. The number of carbonyl (C=O) groups excluding carboxylic acids is 2. The molecule has 18 heavy (non-hydrogen) atoms. The summed E-state index contributed by atoms with van der Waals surface area (Å²) in [6.07, 6.45) is 2.69. The van der Waals surface area contributed by atoms with E-state index >= 15 is 0 Å². The normalized spacial score (nSPS) is 10.1. The van der Waals surface area contributed by atoms with Gasteiger partial charge in [-0.2, -0.15) is 0 Å². The van der Waals surface area contributed by atoms with Crippen LogP contribution in [0.5, 0.6) is 0 Å². The Morgan fingerprint density at radius 2 is 2.11 bits per heavy atom. The van der Waals surface area contributed by atoms with Gasteiger partial charge >= 0.3 is 12.0 Å². The van der Waals surface area contributed by atoms with Gasteiger partial charge in [0.1, 0.15) is 12.4 Å². The van der Waals surface area contributed by atoms with Crippen molar-refractivity contribution < 1.29 is 18.7 Å². The number of urea groups is 1. The Morgan fingerprint density at radius 3 is 2.78 bits per heavy atom. The van der Waals surface area contributed by atoms with E-state index in [1.165, 1.54) is 25.5 Å². The molecule has 2 N–H and O–H groups in total. The highest BCUT2D eigenvalue weighted by Gasteiger charge is 2.02. The van der Waals surface area contributed by atoms with Crippen molar-refractivity contribution in [2.75, 3.05) is 13.7 Å². The molecule has 0 saturated carbocycles. The van der Waals surface area contributed by atoms with Crippen molar-refractivity contribution in [2.24, 2.45) is 0 Å². The molecule has 0 saturated heterocycles. The highest BCUT2D eigenvalue weighted by molar-refractivity contribution is 5.81. The molecule has 5 nitrogen and oxygen atoms in total. The van der Waals surface area contributed by atoms with E-state index < -0.39 is 12.0 Å². The summed E-state index contributed by atoms with van der Waals surface area (Å²) in [7, 11) is 1.22. The van der Waals surface area contributed by atoms with Crippen LogP contribution in [0.25, 0.3) is 6.08 Å². The van der Waals surface area contributed by atoms with Gasteiger partial charge in [0.15, 0.2) is 0 Å². The Labute approximate surface area is 104 Å². The van der Waals surface area contributed by atoms with Crippen LogP contribution >= 0.6 is 0 Å². The number of amides is 2. The van der Waals surface area contributed by atoms with E-state index in [-0.39, 0.29) is 12.4 Å². The van der Waals surface area contributed by atoms with Gasteiger partial charge in [0.05, 0.1) is 7.11 Å². The SMILES string of the molecule is COC(=O)CNC(=O)N/C=C/c1ccccc1F. The number of methoxy groups -OCH3 is 1. The Hall–Kier alpha value is -2.37. The van der Waals surface area contributed by atoms with Crippen LogP contribution in [0.4, 0.5) is 9.18 Å². The average Bonchev–Trinajstić information content (AvgIpc) is 2.38. The van der Waals surface area contributed by atoms with Gasteiger partial charge < -0.3 is 15.4 Å². The Bertz CT molecular complexity index is 460. The maximum atomic E-state index is 13.2. The Balaban J connectivity index is 2.39. The van der Waals surface area contributed by atoms with Crippen molar-refractivity contribution in [3.63, 3.8) is 0 Å². The zero-order chi connectivity index (χ0) is 13.4. The standard InChI is InChI=1S/C12H13FN2O3/c1-18-11(16)8-15-12(17)14-7-6-9-4-2-3-5-10(9)13/h2-7H,8H2,1H3,(H2,14,15,17)/b7-6+. The van der Waals surface area contributed by atoms with Crippen LogP contribution in [-0.4, -0.2) is 25.7 Å². The fourth-order valence-corrected chi connectivity index (χ4v) is 1.09. The number of nitrogens with one attached hydrogen (secondary N) is 2. The van der Waals surface area contributed by atoms with E-state index in [1.807, 2.05) is 0 Å². The second kappa shape index (κ2) is 7.05. The lowest BCUT2D eigenvalue weighted by Crippen LogP contribution is -2.36. The highest BCUT2D eigenvalue weighted by atomic mass is 19.1. The van der Waals surface area contributed by atoms with E-state index in [0.717, 1.165) is 0 Å². The molecule has 0 spiro atoms. The third-order valence-electron chi connectivity index (χ3n) is 2.00.